The molecule has 0 aromatic heterocycles. The lowest BCUT2D eigenvalue weighted by atomic mass is 10.5. The Balaban J connectivity index is 4.61. The Hall–Kier alpha value is -0.0431. The van der Waals surface area contributed by atoms with Crippen LogP contribution in [-0.2, 0) is 13.3 Å². The van der Waals surface area contributed by atoms with Crippen molar-refractivity contribution in [1.82, 2.24) is 0 Å². The van der Waals surface area contributed by atoms with E-state index in [0.717, 1.165) is 19.3 Å². The molecule has 0 spiro atoms. The molecular formula is C12H26F2O3Si. The Morgan fingerprint density at radius 3 is 1.56 bits per heavy atom. The first kappa shape index (κ1) is 18.0. The molecule has 3 nitrogen and oxygen atoms in total. The van der Waals surface area contributed by atoms with Crippen molar-refractivity contribution in [3.8, 4) is 0 Å². The van der Waals surface area contributed by atoms with Crippen LogP contribution in [-0.4, -0.2) is 41.5 Å². The molecule has 0 heterocycles. The molecule has 0 aliphatic carbocycles. The van der Waals surface area contributed by atoms with Crippen LogP contribution in [0.5, 0.6) is 0 Å². The van der Waals surface area contributed by atoms with E-state index in [4.69, 9.17) is 13.3 Å². The normalized spacial score (nSPS) is 13.8. The van der Waals surface area contributed by atoms with Gasteiger partial charge < -0.3 is 13.3 Å². The van der Waals surface area contributed by atoms with Gasteiger partial charge in [-0.05, 0) is 19.3 Å². The fourth-order valence-electron chi connectivity index (χ4n) is 1.40. The minimum absolute atomic E-state index is 0.0938. The smallest absolute Gasteiger partial charge is 0.373 e. The van der Waals surface area contributed by atoms with Gasteiger partial charge in [-0.15, -0.1) is 0 Å². The number of rotatable bonds is 12. The quantitative estimate of drug-likeness (QED) is 0.513. The second-order valence-electron chi connectivity index (χ2n) is 4.18. The maximum absolute atomic E-state index is 13.3. The Bertz CT molecular complexity index is 174. The Morgan fingerprint density at radius 2 is 1.28 bits per heavy atom. The fraction of sp³-hybridized carbons (Fsp3) is 1.00. The van der Waals surface area contributed by atoms with Gasteiger partial charge in [-0.1, -0.05) is 20.8 Å². The molecule has 0 aromatic carbocycles. The van der Waals surface area contributed by atoms with E-state index in [2.05, 4.69) is 0 Å². The van der Waals surface area contributed by atoms with Crippen LogP contribution >= 0.6 is 0 Å². The highest BCUT2D eigenvalue weighted by atomic mass is 28.4. The first-order valence-electron chi connectivity index (χ1n) is 6.76. The van der Waals surface area contributed by atoms with Gasteiger partial charge in [0.15, 0.2) is 0 Å². The number of hydrogen-bond donors (Lipinski definition) is 0. The van der Waals surface area contributed by atoms with Gasteiger partial charge >= 0.3 is 8.80 Å². The summed E-state index contributed by atoms with van der Waals surface area (Å²) < 4.78 is 42.6. The third kappa shape index (κ3) is 7.40. The van der Waals surface area contributed by atoms with Crippen LogP contribution in [0.4, 0.5) is 8.78 Å². The number of halogens is 2. The molecule has 0 rings (SSSR count). The van der Waals surface area contributed by atoms with Crippen molar-refractivity contribution < 1.29 is 22.1 Å². The molecule has 0 N–H and O–H groups in total. The topological polar surface area (TPSA) is 27.7 Å². The summed E-state index contributed by atoms with van der Waals surface area (Å²) in [5.74, 6) is 0. The average molecular weight is 284 g/mol. The van der Waals surface area contributed by atoms with E-state index in [-0.39, 0.29) is 6.04 Å². The van der Waals surface area contributed by atoms with Gasteiger partial charge in [0.2, 0.25) is 0 Å². The van der Waals surface area contributed by atoms with Gasteiger partial charge in [0.05, 0.1) is 6.04 Å². The van der Waals surface area contributed by atoms with Gasteiger partial charge in [0, 0.05) is 19.8 Å². The maximum atomic E-state index is 13.3. The van der Waals surface area contributed by atoms with E-state index >= 15 is 0 Å². The Kier molecular flexibility index (Phi) is 10.8. The standard InChI is InChI=1S/C12H26F2O3Si/c1-4-7-15-18(16-8-5-2,17-9-6-3)11-12(14)10-13/h12H,4-11H2,1-3H3. The van der Waals surface area contributed by atoms with Gasteiger partial charge in [0.25, 0.3) is 0 Å². The highest BCUT2D eigenvalue weighted by Crippen LogP contribution is 2.21. The molecule has 1 atom stereocenters. The molecule has 0 amide bonds. The van der Waals surface area contributed by atoms with Gasteiger partial charge in [-0.2, -0.15) is 0 Å². The van der Waals surface area contributed by atoms with Crippen LogP contribution in [0.15, 0.2) is 0 Å². The first-order valence-corrected chi connectivity index (χ1v) is 8.69. The molecule has 0 saturated heterocycles. The third-order valence-corrected chi connectivity index (χ3v) is 5.09. The zero-order valence-corrected chi connectivity index (χ0v) is 12.7. The van der Waals surface area contributed by atoms with Crippen molar-refractivity contribution in [1.29, 1.82) is 0 Å². The molecule has 0 aromatic rings. The lowest BCUT2D eigenvalue weighted by molar-refractivity contribution is 0.0516. The second kappa shape index (κ2) is 10.8. The largest absolute Gasteiger partial charge is 0.504 e. The summed E-state index contributed by atoms with van der Waals surface area (Å²) in [4.78, 5) is 0. The zero-order valence-electron chi connectivity index (χ0n) is 11.7. The molecule has 18 heavy (non-hydrogen) atoms. The van der Waals surface area contributed by atoms with E-state index in [1.807, 2.05) is 20.8 Å². The predicted molar refractivity (Wildman–Crippen MR) is 70.2 cm³/mol. The first-order chi connectivity index (χ1) is 8.64. The maximum Gasteiger partial charge on any atom is 0.504 e. The van der Waals surface area contributed by atoms with Gasteiger partial charge in [0.1, 0.15) is 12.8 Å². The highest BCUT2D eigenvalue weighted by molar-refractivity contribution is 6.60. The molecule has 0 fully saturated rings. The van der Waals surface area contributed by atoms with Crippen molar-refractivity contribution in [2.45, 2.75) is 52.2 Å². The molecule has 0 saturated carbocycles. The van der Waals surface area contributed by atoms with Crippen molar-refractivity contribution in [3.05, 3.63) is 0 Å². The second-order valence-corrected chi connectivity index (χ2v) is 6.82. The molecule has 0 radical (unpaired) electrons. The summed E-state index contributed by atoms with van der Waals surface area (Å²) in [5, 5.41) is 0. The number of alkyl halides is 2. The lowest BCUT2D eigenvalue weighted by Crippen LogP contribution is -2.48. The fourth-order valence-corrected chi connectivity index (χ4v) is 4.20. The molecule has 0 bridgehead atoms. The summed E-state index contributed by atoms with van der Waals surface area (Å²) in [7, 11) is -3.06. The van der Waals surface area contributed by atoms with E-state index in [0.29, 0.717) is 19.8 Å². The highest BCUT2D eigenvalue weighted by Gasteiger charge is 2.43. The van der Waals surface area contributed by atoms with Crippen LogP contribution in [0.3, 0.4) is 0 Å². The molecular weight excluding hydrogens is 258 g/mol. The molecule has 1 unspecified atom stereocenters. The predicted octanol–water partition coefficient (Wildman–Crippen LogP) is 3.51. The molecule has 0 aliphatic heterocycles. The Labute approximate surface area is 110 Å². The van der Waals surface area contributed by atoms with Crippen molar-refractivity contribution in [3.63, 3.8) is 0 Å². The summed E-state index contributed by atoms with van der Waals surface area (Å²) in [6.45, 7) is 6.23. The monoisotopic (exact) mass is 284 g/mol. The van der Waals surface area contributed by atoms with E-state index in [1.165, 1.54) is 0 Å². The van der Waals surface area contributed by atoms with E-state index < -0.39 is 21.7 Å². The van der Waals surface area contributed by atoms with Crippen LogP contribution in [0.1, 0.15) is 40.0 Å². The summed E-state index contributed by atoms with van der Waals surface area (Å²) >= 11 is 0. The molecule has 6 heteroatoms. The summed E-state index contributed by atoms with van der Waals surface area (Å²) in [6, 6.07) is -0.0938. The van der Waals surface area contributed by atoms with Crippen LogP contribution in [0.2, 0.25) is 6.04 Å². The average Bonchev–Trinajstić information content (AvgIpc) is 2.40. The summed E-state index contributed by atoms with van der Waals surface area (Å²) in [6.07, 6.45) is 0.826. The van der Waals surface area contributed by atoms with Crippen LogP contribution < -0.4 is 0 Å². The van der Waals surface area contributed by atoms with Crippen molar-refractivity contribution in [2.75, 3.05) is 26.5 Å². The summed E-state index contributed by atoms with van der Waals surface area (Å²) in [5.41, 5.74) is 0. The Morgan fingerprint density at radius 1 is 0.889 bits per heavy atom. The van der Waals surface area contributed by atoms with Crippen LogP contribution in [0, 0.1) is 0 Å². The SMILES string of the molecule is CCCO[Si](CC(F)CF)(OCCC)OCCC. The van der Waals surface area contributed by atoms with Gasteiger partial charge in [-0.3, -0.25) is 0 Å². The molecule has 110 valence electrons. The minimum atomic E-state index is -3.06. The van der Waals surface area contributed by atoms with Crippen molar-refractivity contribution >= 4 is 8.80 Å². The molecule has 0 aliphatic rings. The minimum Gasteiger partial charge on any atom is -0.373 e. The van der Waals surface area contributed by atoms with Crippen molar-refractivity contribution in [2.24, 2.45) is 0 Å². The van der Waals surface area contributed by atoms with Crippen LogP contribution in [0.25, 0.3) is 0 Å². The van der Waals surface area contributed by atoms with Gasteiger partial charge in [-0.25, -0.2) is 8.78 Å². The van der Waals surface area contributed by atoms with E-state index in [1.54, 1.807) is 0 Å². The lowest BCUT2D eigenvalue weighted by Gasteiger charge is -2.30. The zero-order chi connectivity index (χ0) is 13.9. The van der Waals surface area contributed by atoms with E-state index in [9.17, 15) is 8.78 Å². The third-order valence-electron chi connectivity index (χ3n) is 2.22. The number of hydrogen-bond acceptors (Lipinski definition) is 3.